The summed E-state index contributed by atoms with van der Waals surface area (Å²) in [4.78, 5) is 11.9. The maximum absolute atomic E-state index is 11.9. The van der Waals surface area contributed by atoms with E-state index in [1.807, 2.05) is 0 Å². The smallest absolute Gasteiger partial charge is 0.246 e. The van der Waals surface area contributed by atoms with Crippen LogP contribution in [-0.4, -0.2) is 29.9 Å². The van der Waals surface area contributed by atoms with E-state index in [9.17, 15) is 4.79 Å². The van der Waals surface area contributed by atoms with Crippen molar-refractivity contribution < 1.29 is 14.3 Å². The summed E-state index contributed by atoms with van der Waals surface area (Å²) in [5, 5.41) is 7.12. The number of amides is 1. The van der Waals surface area contributed by atoms with Gasteiger partial charge in [0, 0.05) is 24.5 Å². The second-order valence-electron chi connectivity index (χ2n) is 3.94. The van der Waals surface area contributed by atoms with Crippen molar-refractivity contribution in [3.63, 3.8) is 0 Å². The Labute approximate surface area is 121 Å². The quantitative estimate of drug-likeness (QED) is 0.918. The number of anilines is 1. The van der Waals surface area contributed by atoms with Crippen LogP contribution < -0.4 is 14.8 Å². The van der Waals surface area contributed by atoms with E-state index in [-0.39, 0.29) is 12.5 Å². The lowest BCUT2D eigenvalue weighted by Crippen LogP contribution is -2.19. The molecule has 0 aliphatic carbocycles. The van der Waals surface area contributed by atoms with Crippen LogP contribution in [0.2, 0.25) is 5.02 Å². The number of rotatable bonds is 5. The van der Waals surface area contributed by atoms with Crippen molar-refractivity contribution in [1.82, 2.24) is 9.78 Å². The van der Waals surface area contributed by atoms with Gasteiger partial charge in [0.05, 0.1) is 24.9 Å². The van der Waals surface area contributed by atoms with Gasteiger partial charge in [0.1, 0.15) is 18.0 Å². The van der Waals surface area contributed by atoms with Crippen LogP contribution in [0.25, 0.3) is 0 Å². The SMILES string of the molecule is COc1cc(NC(=O)Cn2cccn2)c(OC)cc1Cl. The number of carbonyl (C=O) groups excluding carboxylic acids is 1. The Hall–Kier alpha value is -2.21. The third-order valence-electron chi connectivity index (χ3n) is 2.61. The van der Waals surface area contributed by atoms with Crippen molar-refractivity contribution in [3.8, 4) is 11.5 Å². The fourth-order valence-corrected chi connectivity index (χ4v) is 1.92. The van der Waals surface area contributed by atoms with Crippen molar-refractivity contribution in [2.24, 2.45) is 0 Å². The maximum Gasteiger partial charge on any atom is 0.246 e. The number of ether oxygens (including phenoxy) is 2. The first-order chi connectivity index (χ1) is 9.63. The molecule has 0 fully saturated rings. The number of benzene rings is 1. The Morgan fingerprint density at radius 3 is 2.70 bits per heavy atom. The number of methoxy groups -OCH3 is 2. The molecule has 0 saturated heterocycles. The molecule has 20 heavy (non-hydrogen) atoms. The van der Waals surface area contributed by atoms with Gasteiger partial charge in [-0.15, -0.1) is 0 Å². The van der Waals surface area contributed by atoms with Gasteiger partial charge in [-0.25, -0.2) is 0 Å². The average molecular weight is 296 g/mol. The average Bonchev–Trinajstić information content (AvgIpc) is 2.92. The lowest BCUT2D eigenvalue weighted by Gasteiger charge is -2.13. The van der Waals surface area contributed by atoms with Crippen LogP contribution in [0.4, 0.5) is 5.69 Å². The van der Waals surface area contributed by atoms with E-state index in [4.69, 9.17) is 21.1 Å². The molecule has 1 heterocycles. The molecule has 2 aromatic rings. The highest BCUT2D eigenvalue weighted by atomic mass is 35.5. The number of halogens is 1. The highest BCUT2D eigenvalue weighted by molar-refractivity contribution is 6.32. The van der Waals surface area contributed by atoms with Crippen LogP contribution in [0.5, 0.6) is 11.5 Å². The monoisotopic (exact) mass is 295 g/mol. The van der Waals surface area contributed by atoms with Gasteiger partial charge in [0.25, 0.3) is 0 Å². The highest BCUT2D eigenvalue weighted by Gasteiger charge is 2.12. The molecule has 2 rings (SSSR count). The number of hydrogen-bond acceptors (Lipinski definition) is 4. The molecule has 1 aromatic heterocycles. The van der Waals surface area contributed by atoms with E-state index < -0.39 is 0 Å². The van der Waals surface area contributed by atoms with E-state index >= 15 is 0 Å². The summed E-state index contributed by atoms with van der Waals surface area (Å²) in [5.74, 6) is 0.697. The Balaban J connectivity index is 2.17. The van der Waals surface area contributed by atoms with E-state index in [0.29, 0.717) is 22.2 Å². The van der Waals surface area contributed by atoms with E-state index in [1.165, 1.54) is 18.9 Å². The molecule has 0 bridgehead atoms. The van der Waals surface area contributed by atoms with Crippen molar-refractivity contribution in [2.75, 3.05) is 19.5 Å². The molecule has 0 unspecified atom stereocenters. The fourth-order valence-electron chi connectivity index (χ4n) is 1.69. The van der Waals surface area contributed by atoms with Crippen molar-refractivity contribution in [2.45, 2.75) is 6.54 Å². The first-order valence-corrected chi connectivity index (χ1v) is 6.20. The van der Waals surface area contributed by atoms with E-state index in [2.05, 4.69) is 10.4 Å². The Morgan fingerprint density at radius 1 is 1.35 bits per heavy atom. The highest BCUT2D eigenvalue weighted by Crippen LogP contribution is 2.35. The molecule has 0 saturated carbocycles. The van der Waals surface area contributed by atoms with E-state index in [1.54, 1.807) is 30.6 Å². The largest absolute Gasteiger partial charge is 0.495 e. The van der Waals surface area contributed by atoms with Crippen LogP contribution in [0.3, 0.4) is 0 Å². The molecule has 6 nitrogen and oxygen atoms in total. The minimum atomic E-state index is -0.226. The standard InChI is InChI=1S/C13H14ClN3O3/c1-19-11-7-10(12(20-2)6-9(11)14)16-13(18)8-17-5-3-4-15-17/h3-7H,8H2,1-2H3,(H,16,18). The molecule has 0 radical (unpaired) electrons. The third-order valence-corrected chi connectivity index (χ3v) is 2.91. The van der Waals surface area contributed by atoms with E-state index in [0.717, 1.165) is 0 Å². The number of hydrogen-bond donors (Lipinski definition) is 1. The van der Waals surface area contributed by atoms with Crippen LogP contribution in [0.1, 0.15) is 0 Å². The lowest BCUT2D eigenvalue weighted by atomic mass is 10.2. The van der Waals surface area contributed by atoms with Crippen molar-refractivity contribution in [3.05, 3.63) is 35.6 Å². The number of aromatic nitrogens is 2. The van der Waals surface area contributed by atoms with Gasteiger partial charge in [-0.05, 0) is 6.07 Å². The molecule has 0 atom stereocenters. The Morgan fingerprint density at radius 2 is 2.10 bits per heavy atom. The summed E-state index contributed by atoms with van der Waals surface area (Å²) in [5.41, 5.74) is 0.492. The zero-order valence-corrected chi connectivity index (χ0v) is 11.8. The molecule has 0 aliphatic rings. The molecular formula is C13H14ClN3O3. The van der Waals surface area contributed by atoms with Crippen LogP contribution in [0, 0.1) is 0 Å². The Kier molecular flexibility index (Phi) is 4.47. The first kappa shape index (κ1) is 14.2. The lowest BCUT2D eigenvalue weighted by molar-refractivity contribution is -0.116. The molecule has 106 valence electrons. The fraction of sp³-hybridized carbons (Fsp3) is 0.231. The minimum absolute atomic E-state index is 0.112. The van der Waals surface area contributed by atoms with Crippen LogP contribution in [-0.2, 0) is 11.3 Å². The minimum Gasteiger partial charge on any atom is -0.495 e. The van der Waals surface area contributed by atoms with Gasteiger partial charge >= 0.3 is 0 Å². The summed E-state index contributed by atoms with van der Waals surface area (Å²) in [6, 6.07) is 4.95. The summed E-state index contributed by atoms with van der Waals surface area (Å²) in [7, 11) is 3.00. The topological polar surface area (TPSA) is 65.4 Å². The molecule has 0 spiro atoms. The summed E-state index contributed by atoms with van der Waals surface area (Å²) < 4.78 is 11.8. The molecular weight excluding hydrogens is 282 g/mol. The Bertz CT molecular complexity index is 599. The second-order valence-corrected chi connectivity index (χ2v) is 4.35. The predicted molar refractivity (Wildman–Crippen MR) is 75.4 cm³/mol. The van der Waals surface area contributed by atoms with Crippen molar-refractivity contribution >= 4 is 23.2 Å². The zero-order valence-electron chi connectivity index (χ0n) is 11.1. The summed E-state index contributed by atoms with van der Waals surface area (Å²) in [6.07, 6.45) is 3.32. The number of carbonyl (C=O) groups is 1. The van der Waals surface area contributed by atoms with Crippen LogP contribution >= 0.6 is 11.6 Å². The second kappa shape index (κ2) is 6.29. The van der Waals surface area contributed by atoms with Gasteiger partial charge < -0.3 is 14.8 Å². The first-order valence-electron chi connectivity index (χ1n) is 5.83. The van der Waals surface area contributed by atoms with Gasteiger partial charge in [0.15, 0.2) is 0 Å². The molecule has 1 aromatic carbocycles. The molecule has 7 heteroatoms. The van der Waals surface area contributed by atoms with Gasteiger partial charge in [0.2, 0.25) is 5.91 Å². The van der Waals surface area contributed by atoms with Gasteiger partial charge in [-0.2, -0.15) is 5.10 Å². The third kappa shape index (κ3) is 3.21. The normalized spacial score (nSPS) is 10.2. The molecule has 1 N–H and O–H groups in total. The summed E-state index contributed by atoms with van der Waals surface area (Å²) in [6.45, 7) is 0.112. The van der Waals surface area contributed by atoms with Gasteiger partial charge in [-0.3, -0.25) is 9.48 Å². The summed E-state index contributed by atoms with van der Waals surface area (Å²) >= 11 is 6.00. The molecule has 0 aliphatic heterocycles. The number of nitrogens with zero attached hydrogens (tertiary/aromatic N) is 2. The number of nitrogens with one attached hydrogen (secondary N) is 1. The van der Waals surface area contributed by atoms with Crippen LogP contribution in [0.15, 0.2) is 30.6 Å². The van der Waals surface area contributed by atoms with Crippen molar-refractivity contribution in [1.29, 1.82) is 0 Å². The van der Waals surface area contributed by atoms with Gasteiger partial charge in [-0.1, -0.05) is 11.6 Å². The molecule has 1 amide bonds. The maximum atomic E-state index is 11.9. The zero-order chi connectivity index (χ0) is 14.5. The predicted octanol–water partition coefficient (Wildman–Crippen LogP) is 2.19.